The SMILES string of the molecule is CC(C)OC1CCC(c2nnc3n2-c2ccc(Cl)cc2CC(CCO)C3)CC1. The van der Waals surface area contributed by atoms with E-state index in [9.17, 15) is 5.11 Å². The van der Waals surface area contributed by atoms with Crippen molar-refractivity contribution in [1.82, 2.24) is 14.8 Å². The predicted octanol–water partition coefficient (Wildman–Crippen LogP) is 4.47. The monoisotopic (exact) mass is 403 g/mol. The molecule has 1 fully saturated rings. The van der Waals surface area contributed by atoms with Crippen LogP contribution < -0.4 is 0 Å². The summed E-state index contributed by atoms with van der Waals surface area (Å²) in [4.78, 5) is 0. The van der Waals surface area contributed by atoms with Gasteiger partial charge in [-0.3, -0.25) is 4.57 Å². The molecule has 2 aliphatic rings. The lowest BCUT2D eigenvalue weighted by Crippen LogP contribution is -2.25. The van der Waals surface area contributed by atoms with Crippen LogP contribution in [0.2, 0.25) is 5.02 Å². The minimum Gasteiger partial charge on any atom is -0.396 e. The highest BCUT2D eigenvalue weighted by molar-refractivity contribution is 6.30. The lowest BCUT2D eigenvalue weighted by atomic mass is 9.86. The van der Waals surface area contributed by atoms with E-state index in [1.54, 1.807) is 0 Å². The molecule has 2 heterocycles. The molecular formula is C22H30ClN3O2. The largest absolute Gasteiger partial charge is 0.396 e. The van der Waals surface area contributed by atoms with Crippen molar-refractivity contribution in [3.8, 4) is 5.69 Å². The van der Waals surface area contributed by atoms with E-state index >= 15 is 0 Å². The normalized spacial score (nSPS) is 24.7. The Morgan fingerprint density at radius 2 is 1.96 bits per heavy atom. The molecule has 1 aromatic heterocycles. The van der Waals surface area contributed by atoms with Gasteiger partial charge >= 0.3 is 0 Å². The van der Waals surface area contributed by atoms with Crippen LogP contribution in [-0.4, -0.2) is 38.7 Å². The summed E-state index contributed by atoms with van der Waals surface area (Å²) < 4.78 is 8.29. The van der Waals surface area contributed by atoms with Gasteiger partial charge in [0.05, 0.1) is 17.9 Å². The molecule has 1 aromatic carbocycles. The number of halogens is 1. The van der Waals surface area contributed by atoms with Crippen molar-refractivity contribution >= 4 is 11.6 Å². The third-order valence-electron chi connectivity index (χ3n) is 6.06. The Morgan fingerprint density at radius 1 is 1.18 bits per heavy atom. The van der Waals surface area contributed by atoms with E-state index in [4.69, 9.17) is 16.3 Å². The number of fused-ring (bicyclic) bond motifs is 3. The number of hydrogen-bond donors (Lipinski definition) is 1. The average Bonchev–Trinajstić information content (AvgIpc) is 2.99. The number of rotatable bonds is 5. The number of aromatic nitrogens is 3. The van der Waals surface area contributed by atoms with Gasteiger partial charge in [-0.05, 0) is 82.1 Å². The lowest BCUT2D eigenvalue weighted by Gasteiger charge is -2.29. The summed E-state index contributed by atoms with van der Waals surface area (Å²) in [5, 5.41) is 19.5. The van der Waals surface area contributed by atoms with E-state index in [0.717, 1.165) is 67.3 Å². The molecule has 152 valence electrons. The van der Waals surface area contributed by atoms with Crippen LogP contribution in [0.25, 0.3) is 5.69 Å². The second kappa shape index (κ2) is 8.52. The second-order valence-electron chi connectivity index (χ2n) is 8.53. The van der Waals surface area contributed by atoms with Gasteiger partial charge in [0.2, 0.25) is 0 Å². The summed E-state index contributed by atoms with van der Waals surface area (Å²) in [7, 11) is 0. The highest BCUT2D eigenvalue weighted by Gasteiger charge is 2.31. The molecule has 1 aliphatic heterocycles. The van der Waals surface area contributed by atoms with Gasteiger partial charge in [0.1, 0.15) is 11.6 Å². The number of ether oxygens (including phenoxy) is 1. The van der Waals surface area contributed by atoms with Crippen LogP contribution in [0.4, 0.5) is 0 Å². The fourth-order valence-corrected chi connectivity index (χ4v) is 4.99. The van der Waals surface area contributed by atoms with Gasteiger partial charge in [0.25, 0.3) is 0 Å². The maximum Gasteiger partial charge on any atom is 0.140 e. The fourth-order valence-electron chi connectivity index (χ4n) is 4.80. The Hall–Kier alpha value is -1.43. The van der Waals surface area contributed by atoms with Gasteiger partial charge < -0.3 is 9.84 Å². The van der Waals surface area contributed by atoms with Crippen molar-refractivity contribution in [2.45, 2.75) is 76.9 Å². The van der Waals surface area contributed by atoms with Gasteiger partial charge in [-0.25, -0.2) is 0 Å². The van der Waals surface area contributed by atoms with Gasteiger partial charge in [0, 0.05) is 24.0 Å². The number of hydrogen-bond acceptors (Lipinski definition) is 4. The van der Waals surface area contributed by atoms with Gasteiger partial charge in [-0.15, -0.1) is 10.2 Å². The molecule has 1 saturated carbocycles. The molecule has 4 rings (SSSR count). The first-order chi connectivity index (χ1) is 13.5. The lowest BCUT2D eigenvalue weighted by molar-refractivity contribution is -0.0151. The van der Waals surface area contributed by atoms with E-state index in [0.29, 0.717) is 17.9 Å². The zero-order valence-electron chi connectivity index (χ0n) is 16.8. The molecule has 0 spiro atoms. The van der Waals surface area contributed by atoms with Gasteiger partial charge in [-0.2, -0.15) is 0 Å². The van der Waals surface area contributed by atoms with E-state index < -0.39 is 0 Å². The van der Waals surface area contributed by atoms with Crippen molar-refractivity contribution in [3.63, 3.8) is 0 Å². The molecule has 0 radical (unpaired) electrons. The summed E-state index contributed by atoms with van der Waals surface area (Å²) in [5.41, 5.74) is 2.38. The molecule has 0 saturated heterocycles. The van der Waals surface area contributed by atoms with Gasteiger partial charge in [0.15, 0.2) is 0 Å². The molecule has 6 heteroatoms. The van der Waals surface area contributed by atoms with E-state index in [2.05, 4.69) is 40.7 Å². The van der Waals surface area contributed by atoms with Crippen LogP contribution in [0.5, 0.6) is 0 Å². The number of nitrogens with zero attached hydrogens (tertiary/aromatic N) is 3. The summed E-state index contributed by atoms with van der Waals surface area (Å²) in [5.74, 6) is 2.85. The molecule has 28 heavy (non-hydrogen) atoms. The van der Waals surface area contributed by atoms with Gasteiger partial charge in [-0.1, -0.05) is 11.6 Å². The minimum atomic E-state index is 0.196. The molecule has 1 atom stereocenters. The van der Waals surface area contributed by atoms with Crippen LogP contribution in [-0.2, 0) is 17.6 Å². The zero-order valence-corrected chi connectivity index (χ0v) is 17.5. The highest BCUT2D eigenvalue weighted by Crippen LogP contribution is 2.37. The van der Waals surface area contributed by atoms with E-state index in [1.165, 1.54) is 5.56 Å². The summed E-state index contributed by atoms with van der Waals surface area (Å²) in [6, 6.07) is 6.12. The molecule has 1 aliphatic carbocycles. The molecule has 5 nitrogen and oxygen atoms in total. The van der Waals surface area contributed by atoms with Crippen molar-refractivity contribution in [2.24, 2.45) is 5.92 Å². The van der Waals surface area contributed by atoms with E-state index in [1.807, 2.05) is 6.07 Å². The Kier molecular flexibility index (Phi) is 6.04. The highest BCUT2D eigenvalue weighted by atomic mass is 35.5. The second-order valence-corrected chi connectivity index (χ2v) is 8.96. The summed E-state index contributed by atoms with van der Waals surface area (Å²) >= 11 is 6.30. The predicted molar refractivity (Wildman–Crippen MR) is 110 cm³/mol. The summed E-state index contributed by atoms with van der Waals surface area (Å²) in [6.07, 6.45) is 7.48. The first-order valence-corrected chi connectivity index (χ1v) is 10.9. The maximum absolute atomic E-state index is 9.48. The summed E-state index contributed by atoms with van der Waals surface area (Å²) in [6.45, 7) is 4.41. The van der Waals surface area contributed by atoms with Crippen LogP contribution in [0.15, 0.2) is 18.2 Å². The first kappa shape index (κ1) is 19.9. The Morgan fingerprint density at radius 3 is 2.68 bits per heavy atom. The van der Waals surface area contributed by atoms with Crippen molar-refractivity contribution in [3.05, 3.63) is 40.4 Å². The third kappa shape index (κ3) is 4.12. The van der Waals surface area contributed by atoms with Crippen molar-refractivity contribution in [2.75, 3.05) is 6.61 Å². The smallest absolute Gasteiger partial charge is 0.140 e. The Labute approximate surface area is 172 Å². The number of aliphatic hydroxyl groups excluding tert-OH is 1. The average molecular weight is 404 g/mol. The standard InChI is InChI=1S/C22H30ClN3O2/c1-14(2)28-19-6-3-16(4-7-19)22-25-24-21-12-15(9-10-27)11-17-13-18(23)5-8-20(17)26(21)22/h5,8,13-16,19,27H,3-4,6-7,9-12H2,1-2H3. The van der Waals surface area contributed by atoms with Crippen LogP contribution in [0, 0.1) is 5.92 Å². The molecular weight excluding hydrogens is 374 g/mol. The van der Waals surface area contributed by atoms with Crippen molar-refractivity contribution in [1.29, 1.82) is 0 Å². The fraction of sp³-hybridized carbons (Fsp3) is 0.636. The Balaban J connectivity index is 1.64. The first-order valence-electron chi connectivity index (χ1n) is 10.5. The number of benzene rings is 1. The zero-order chi connectivity index (χ0) is 19.7. The third-order valence-corrected chi connectivity index (χ3v) is 6.29. The van der Waals surface area contributed by atoms with Crippen molar-refractivity contribution < 1.29 is 9.84 Å². The maximum atomic E-state index is 9.48. The van der Waals surface area contributed by atoms with Crippen LogP contribution in [0.1, 0.15) is 69.1 Å². The van der Waals surface area contributed by atoms with E-state index in [-0.39, 0.29) is 12.7 Å². The molecule has 0 amide bonds. The molecule has 0 bridgehead atoms. The quantitative estimate of drug-likeness (QED) is 0.800. The van der Waals surface area contributed by atoms with Crippen LogP contribution in [0.3, 0.4) is 0 Å². The minimum absolute atomic E-state index is 0.196. The molecule has 1 unspecified atom stereocenters. The molecule has 2 aromatic rings. The van der Waals surface area contributed by atoms with Crippen LogP contribution >= 0.6 is 11.6 Å². The molecule has 1 N–H and O–H groups in total. The Bertz CT molecular complexity index is 812. The number of aliphatic hydroxyl groups is 1. The topological polar surface area (TPSA) is 60.2 Å².